The Morgan fingerprint density at radius 1 is 1.08 bits per heavy atom. The highest BCUT2D eigenvalue weighted by atomic mass is 79.9. The summed E-state index contributed by atoms with van der Waals surface area (Å²) in [6, 6.07) is 16.2. The van der Waals surface area contributed by atoms with Crippen LogP contribution < -0.4 is 10.6 Å². The summed E-state index contributed by atoms with van der Waals surface area (Å²) in [7, 11) is 3.34. The summed E-state index contributed by atoms with van der Waals surface area (Å²) in [6.45, 7) is 0.558. The van der Waals surface area contributed by atoms with Gasteiger partial charge in [-0.1, -0.05) is 64.5 Å². The van der Waals surface area contributed by atoms with E-state index in [4.69, 9.17) is 0 Å². The summed E-state index contributed by atoms with van der Waals surface area (Å²) in [6.07, 6.45) is 0. The second-order valence-corrected chi connectivity index (χ2v) is 6.24. The van der Waals surface area contributed by atoms with Crippen LogP contribution in [0.3, 0.4) is 0 Å². The Morgan fingerprint density at radius 2 is 1.71 bits per heavy atom. The zero-order valence-corrected chi connectivity index (χ0v) is 15.2. The van der Waals surface area contributed by atoms with Crippen molar-refractivity contribution in [3.8, 4) is 0 Å². The van der Waals surface area contributed by atoms with Gasteiger partial charge in [-0.3, -0.25) is 15.0 Å². The van der Waals surface area contributed by atoms with E-state index in [0.29, 0.717) is 6.54 Å². The van der Waals surface area contributed by atoms with Gasteiger partial charge in [0.25, 0.3) is 0 Å². The number of carbonyl (C=O) groups is 2. The molecule has 0 aliphatic rings. The summed E-state index contributed by atoms with van der Waals surface area (Å²) < 4.78 is 0.982. The molecule has 0 radical (unpaired) electrons. The maximum absolute atomic E-state index is 12.6. The minimum Gasteiger partial charge on any atom is -0.341 e. The fourth-order valence-corrected chi connectivity index (χ4v) is 2.88. The highest BCUT2D eigenvalue weighted by Crippen LogP contribution is 2.24. The van der Waals surface area contributed by atoms with E-state index in [1.807, 2.05) is 66.5 Å². The van der Waals surface area contributed by atoms with Crippen molar-refractivity contribution < 1.29 is 9.59 Å². The van der Waals surface area contributed by atoms with Gasteiger partial charge in [0.15, 0.2) is 0 Å². The van der Waals surface area contributed by atoms with Crippen molar-refractivity contribution >= 4 is 27.9 Å². The van der Waals surface area contributed by atoms with E-state index in [2.05, 4.69) is 26.6 Å². The second-order valence-electron chi connectivity index (χ2n) is 5.39. The number of benzene rings is 2. The number of nitrogens with zero attached hydrogens (tertiary/aromatic N) is 1. The highest BCUT2D eigenvalue weighted by molar-refractivity contribution is 9.10. The molecule has 126 valence electrons. The number of imide groups is 1. The van der Waals surface area contributed by atoms with Crippen LogP contribution in [0.4, 0.5) is 4.79 Å². The van der Waals surface area contributed by atoms with Gasteiger partial charge < -0.3 is 5.32 Å². The van der Waals surface area contributed by atoms with E-state index in [-0.39, 0.29) is 5.91 Å². The van der Waals surface area contributed by atoms with Crippen molar-refractivity contribution in [1.82, 2.24) is 15.5 Å². The van der Waals surface area contributed by atoms with Gasteiger partial charge in [-0.15, -0.1) is 0 Å². The fourth-order valence-electron chi connectivity index (χ4n) is 2.47. The number of halogens is 1. The lowest BCUT2D eigenvalue weighted by Gasteiger charge is -2.27. The number of hydrogen-bond acceptors (Lipinski definition) is 3. The van der Waals surface area contributed by atoms with Crippen LogP contribution in [0.25, 0.3) is 0 Å². The zero-order valence-electron chi connectivity index (χ0n) is 13.6. The molecular weight excluding hydrogens is 370 g/mol. The lowest BCUT2D eigenvalue weighted by atomic mass is 10.0. The Balaban J connectivity index is 2.26. The molecule has 2 rings (SSSR count). The van der Waals surface area contributed by atoms with Crippen LogP contribution in [0.2, 0.25) is 0 Å². The van der Waals surface area contributed by atoms with Crippen molar-refractivity contribution in [3.63, 3.8) is 0 Å². The molecule has 2 aromatic carbocycles. The highest BCUT2D eigenvalue weighted by Gasteiger charge is 2.26. The Hall–Kier alpha value is -2.18. The van der Waals surface area contributed by atoms with E-state index >= 15 is 0 Å². The minimum atomic E-state index is -0.574. The van der Waals surface area contributed by atoms with Crippen molar-refractivity contribution in [1.29, 1.82) is 0 Å². The van der Waals surface area contributed by atoms with Gasteiger partial charge in [0.2, 0.25) is 5.91 Å². The number of likely N-dealkylation sites (N-methyl/N-ethyl adjacent to an activating group) is 1. The molecule has 2 aromatic rings. The van der Waals surface area contributed by atoms with E-state index in [1.54, 1.807) is 0 Å². The fraction of sp³-hybridized carbons (Fsp3) is 0.222. The maximum Gasteiger partial charge on any atom is 0.321 e. The average Bonchev–Trinajstić information content (AvgIpc) is 2.58. The molecule has 0 saturated heterocycles. The molecule has 1 atom stereocenters. The van der Waals surface area contributed by atoms with Crippen LogP contribution in [0, 0.1) is 0 Å². The van der Waals surface area contributed by atoms with Crippen molar-refractivity contribution in [3.05, 3.63) is 70.2 Å². The van der Waals surface area contributed by atoms with Gasteiger partial charge in [0.1, 0.15) is 6.04 Å². The molecule has 3 amide bonds. The number of urea groups is 1. The van der Waals surface area contributed by atoms with Gasteiger partial charge in [-0.2, -0.15) is 0 Å². The van der Waals surface area contributed by atoms with Crippen LogP contribution in [0.1, 0.15) is 17.2 Å². The van der Waals surface area contributed by atoms with Crippen LogP contribution >= 0.6 is 15.9 Å². The maximum atomic E-state index is 12.6. The molecule has 24 heavy (non-hydrogen) atoms. The first-order chi connectivity index (χ1) is 11.5. The topological polar surface area (TPSA) is 61.4 Å². The molecule has 0 saturated carbocycles. The normalized spacial score (nSPS) is 11.8. The van der Waals surface area contributed by atoms with Crippen molar-refractivity contribution in [2.24, 2.45) is 0 Å². The molecule has 0 bridgehead atoms. The zero-order chi connectivity index (χ0) is 17.5. The average molecular weight is 390 g/mol. The molecule has 2 N–H and O–H groups in total. The van der Waals surface area contributed by atoms with Gasteiger partial charge >= 0.3 is 6.03 Å². The van der Waals surface area contributed by atoms with E-state index in [9.17, 15) is 9.59 Å². The summed E-state index contributed by atoms with van der Waals surface area (Å²) in [5.74, 6) is -0.366. The molecule has 0 aliphatic heterocycles. The van der Waals surface area contributed by atoms with E-state index < -0.39 is 12.1 Å². The number of hydrogen-bond donors (Lipinski definition) is 2. The largest absolute Gasteiger partial charge is 0.341 e. The number of nitrogens with one attached hydrogen (secondary N) is 2. The second kappa shape index (κ2) is 8.61. The van der Waals surface area contributed by atoms with Crippen molar-refractivity contribution in [2.45, 2.75) is 12.6 Å². The van der Waals surface area contributed by atoms with Gasteiger partial charge in [0.05, 0.1) is 0 Å². The summed E-state index contributed by atoms with van der Waals surface area (Å²) in [4.78, 5) is 26.0. The Kier molecular flexibility index (Phi) is 6.52. The number of amides is 3. The molecule has 0 unspecified atom stereocenters. The third kappa shape index (κ3) is 4.66. The Labute approximate surface area is 150 Å². The summed E-state index contributed by atoms with van der Waals surface area (Å²) in [5, 5.41) is 4.77. The van der Waals surface area contributed by atoms with Gasteiger partial charge in [0, 0.05) is 18.1 Å². The first kappa shape index (κ1) is 18.2. The molecule has 0 aliphatic carbocycles. The Morgan fingerprint density at radius 3 is 2.33 bits per heavy atom. The molecule has 5 nitrogen and oxygen atoms in total. The lowest BCUT2D eigenvalue weighted by Crippen LogP contribution is -2.44. The SMILES string of the molecule is CNC(=O)NC(=O)[C@H](c1ccccc1)N(C)Cc1ccccc1Br. The third-order valence-corrected chi connectivity index (χ3v) is 4.42. The summed E-state index contributed by atoms with van der Waals surface area (Å²) in [5.41, 5.74) is 1.89. The Bertz CT molecular complexity index is 706. The van der Waals surface area contributed by atoms with Gasteiger partial charge in [-0.05, 0) is 24.2 Å². The quantitative estimate of drug-likeness (QED) is 0.825. The third-order valence-electron chi connectivity index (χ3n) is 3.65. The van der Waals surface area contributed by atoms with E-state index in [0.717, 1.165) is 15.6 Å². The van der Waals surface area contributed by atoms with E-state index in [1.165, 1.54) is 7.05 Å². The smallest absolute Gasteiger partial charge is 0.321 e. The van der Waals surface area contributed by atoms with Crippen LogP contribution in [0.15, 0.2) is 59.1 Å². The summed E-state index contributed by atoms with van der Waals surface area (Å²) >= 11 is 3.53. The minimum absolute atomic E-state index is 0.366. The predicted molar refractivity (Wildman–Crippen MR) is 97.4 cm³/mol. The number of carbonyl (C=O) groups excluding carboxylic acids is 2. The standard InChI is InChI=1S/C18H20BrN3O2/c1-20-18(24)21-17(23)16(13-8-4-3-5-9-13)22(2)12-14-10-6-7-11-15(14)19/h3-11,16H,12H2,1-2H3,(H2,20,21,23,24)/t16-/m0/s1. The molecule has 0 aromatic heterocycles. The number of rotatable bonds is 5. The lowest BCUT2D eigenvalue weighted by molar-refractivity contribution is -0.125. The molecular formula is C18H20BrN3O2. The van der Waals surface area contributed by atoms with Crippen molar-refractivity contribution in [2.75, 3.05) is 14.1 Å². The monoisotopic (exact) mass is 389 g/mol. The predicted octanol–water partition coefficient (Wildman–Crippen LogP) is 3.08. The van der Waals surface area contributed by atoms with Crippen LogP contribution in [0.5, 0.6) is 0 Å². The van der Waals surface area contributed by atoms with Gasteiger partial charge in [-0.25, -0.2) is 4.79 Å². The van der Waals surface area contributed by atoms with Crippen LogP contribution in [-0.2, 0) is 11.3 Å². The molecule has 0 heterocycles. The molecule has 0 spiro atoms. The first-order valence-electron chi connectivity index (χ1n) is 7.54. The van der Waals surface area contributed by atoms with Crippen LogP contribution in [-0.4, -0.2) is 30.9 Å². The molecule has 0 fully saturated rings. The first-order valence-corrected chi connectivity index (χ1v) is 8.33. The molecule has 6 heteroatoms.